The second-order valence-electron chi connectivity index (χ2n) is 3.76. The van der Waals surface area contributed by atoms with Gasteiger partial charge in [0.2, 0.25) is 5.76 Å². The van der Waals surface area contributed by atoms with E-state index in [0.29, 0.717) is 35.0 Å². The lowest BCUT2D eigenvalue weighted by Gasteiger charge is -2.04. The van der Waals surface area contributed by atoms with Crippen LogP contribution >= 0.6 is 11.6 Å². The minimum atomic E-state index is -1.09. The first kappa shape index (κ1) is 12.7. The summed E-state index contributed by atoms with van der Waals surface area (Å²) in [6.07, 6.45) is 2.14. The Balaban J connectivity index is 2.62. The summed E-state index contributed by atoms with van der Waals surface area (Å²) < 4.78 is 7.02. The van der Waals surface area contributed by atoms with Gasteiger partial charge in [0.15, 0.2) is 0 Å². The predicted octanol–water partition coefficient (Wildman–Crippen LogP) is 3.08. The van der Waals surface area contributed by atoms with Gasteiger partial charge in [-0.05, 0) is 6.92 Å². The quantitative estimate of drug-likeness (QED) is 0.925. The van der Waals surface area contributed by atoms with Gasteiger partial charge in [0, 0.05) is 24.6 Å². The van der Waals surface area contributed by atoms with Gasteiger partial charge in [0.25, 0.3) is 0 Å². The maximum Gasteiger partial charge on any atom is 0.371 e. The molecule has 2 rings (SSSR count). The van der Waals surface area contributed by atoms with Crippen LogP contribution in [0.25, 0.3) is 11.3 Å². The fraction of sp³-hybridized carbons (Fsp3) is 0.333. The molecule has 0 aliphatic carbocycles. The summed E-state index contributed by atoms with van der Waals surface area (Å²) in [6, 6.07) is 1.50. The molecule has 0 bridgehead atoms. The Labute approximate surface area is 109 Å². The highest BCUT2D eigenvalue weighted by molar-refractivity contribution is 6.33. The Morgan fingerprint density at radius 2 is 2.28 bits per heavy atom. The third-order valence-electron chi connectivity index (χ3n) is 2.69. The number of carboxylic acid groups (broad SMARTS) is 1. The van der Waals surface area contributed by atoms with Gasteiger partial charge >= 0.3 is 5.97 Å². The zero-order chi connectivity index (χ0) is 13.3. The van der Waals surface area contributed by atoms with Gasteiger partial charge in [0.05, 0.1) is 16.9 Å². The number of carbonyl (C=O) groups is 1. The van der Waals surface area contributed by atoms with Gasteiger partial charge in [-0.1, -0.05) is 18.5 Å². The summed E-state index contributed by atoms with van der Waals surface area (Å²) in [5.74, 6) is -0.569. The first-order chi connectivity index (χ1) is 8.58. The number of furan rings is 1. The number of nitrogens with zero attached hydrogens (tertiary/aromatic N) is 2. The number of carboxylic acids is 1. The zero-order valence-corrected chi connectivity index (χ0v) is 10.9. The molecule has 2 heterocycles. The van der Waals surface area contributed by atoms with Crippen LogP contribution in [0.5, 0.6) is 0 Å². The van der Waals surface area contributed by atoms with Gasteiger partial charge in [0.1, 0.15) is 5.76 Å². The lowest BCUT2D eigenvalue weighted by molar-refractivity contribution is 0.0660. The molecular weight excluding hydrogens is 256 g/mol. The predicted molar refractivity (Wildman–Crippen MR) is 67.0 cm³/mol. The van der Waals surface area contributed by atoms with Crippen molar-refractivity contribution in [2.75, 3.05) is 0 Å². The molecule has 0 saturated carbocycles. The molecule has 0 unspecified atom stereocenters. The number of rotatable bonds is 4. The summed E-state index contributed by atoms with van der Waals surface area (Å²) in [5.41, 5.74) is 1.39. The molecule has 6 heteroatoms. The summed E-state index contributed by atoms with van der Waals surface area (Å²) in [5, 5.41) is 13.6. The van der Waals surface area contributed by atoms with Crippen molar-refractivity contribution in [3.8, 4) is 11.3 Å². The van der Waals surface area contributed by atoms with Crippen LogP contribution in [0.1, 0.15) is 30.2 Å². The van der Waals surface area contributed by atoms with E-state index in [9.17, 15) is 4.79 Å². The van der Waals surface area contributed by atoms with Crippen LogP contribution < -0.4 is 0 Å². The first-order valence-corrected chi connectivity index (χ1v) is 6.03. The van der Waals surface area contributed by atoms with E-state index in [0.717, 1.165) is 0 Å². The van der Waals surface area contributed by atoms with Gasteiger partial charge in [-0.2, -0.15) is 5.10 Å². The monoisotopic (exact) mass is 268 g/mol. The molecule has 2 aromatic heterocycles. The van der Waals surface area contributed by atoms with Crippen molar-refractivity contribution in [2.24, 2.45) is 0 Å². The summed E-state index contributed by atoms with van der Waals surface area (Å²) >= 11 is 6.10. The average Bonchev–Trinajstić information content (AvgIpc) is 2.91. The molecule has 0 amide bonds. The Morgan fingerprint density at radius 3 is 2.83 bits per heavy atom. The molecule has 96 valence electrons. The van der Waals surface area contributed by atoms with Crippen LogP contribution in [0.3, 0.4) is 0 Å². The van der Waals surface area contributed by atoms with E-state index in [2.05, 4.69) is 5.10 Å². The minimum Gasteiger partial charge on any atom is -0.475 e. The zero-order valence-electron chi connectivity index (χ0n) is 10.1. The molecule has 0 radical (unpaired) electrons. The van der Waals surface area contributed by atoms with Crippen molar-refractivity contribution in [1.29, 1.82) is 0 Å². The third-order valence-corrected chi connectivity index (χ3v) is 2.97. The maximum atomic E-state index is 10.9. The van der Waals surface area contributed by atoms with Crippen LogP contribution in [0.4, 0.5) is 0 Å². The fourth-order valence-corrected chi connectivity index (χ4v) is 2.11. The molecule has 18 heavy (non-hydrogen) atoms. The van der Waals surface area contributed by atoms with Crippen LogP contribution in [0.15, 0.2) is 16.7 Å². The standard InChI is InChI=1S/C12H13ClN2O3/c1-3-9-7(5-10(18-9)12(16)17)11-8(13)6-14-15(11)4-2/h5-6H,3-4H2,1-2H3,(H,16,17). The molecule has 0 aliphatic rings. The van der Waals surface area contributed by atoms with Crippen molar-refractivity contribution < 1.29 is 14.3 Å². The Bertz CT molecular complexity index is 586. The number of hydrogen-bond acceptors (Lipinski definition) is 3. The van der Waals surface area contributed by atoms with Gasteiger partial charge in [-0.25, -0.2) is 4.79 Å². The molecule has 2 aromatic rings. The molecule has 1 N–H and O–H groups in total. The van der Waals surface area contributed by atoms with Gasteiger partial charge < -0.3 is 9.52 Å². The number of halogens is 1. The fourth-order valence-electron chi connectivity index (χ4n) is 1.87. The molecule has 0 aliphatic heterocycles. The molecular formula is C12H13ClN2O3. The topological polar surface area (TPSA) is 68.3 Å². The van der Waals surface area contributed by atoms with Crippen molar-refractivity contribution in [1.82, 2.24) is 9.78 Å². The highest BCUT2D eigenvalue weighted by Crippen LogP contribution is 2.33. The molecule has 0 fully saturated rings. The molecule has 0 saturated heterocycles. The van der Waals surface area contributed by atoms with Crippen molar-refractivity contribution in [3.05, 3.63) is 28.8 Å². The second kappa shape index (κ2) is 4.86. The van der Waals surface area contributed by atoms with Crippen LogP contribution in [0, 0.1) is 0 Å². The lowest BCUT2D eigenvalue weighted by atomic mass is 10.1. The van der Waals surface area contributed by atoms with Crippen LogP contribution in [-0.4, -0.2) is 20.9 Å². The van der Waals surface area contributed by atoms with E-state index < -0.39 is 5.97 Å². The molecule has 0 aromatic carbocycles. The highest BCUT2D eigenvalue weighted by atomic mass is 35.5. The third kappa shape index (κ3) is 2.01. The Morgan fingerprint density at radius 1 is 1.56 bits per heavy atom. The van der Waals surface area contributed by atoms with E-state index in [1.54, 1.807) is 10.9 Å². The molecule has 0 atom stereocenters. The summed E-state index contributed by atoms with van der Waals surface area (Å²) in [6.45, 7) is 4.49. The van der Waals surface area contributed by atoms with Gasteiger partial charge in [-0.3, -0.25) is 4.68 Å². The number of aryl methyl sites for hydroxylation is 2. The lowest BCUT2D eigenvalue weighted by Crippen LogP contribution is -1.99. The number of hydrogen-bond donors (Lipinski definition) is 1. The normalized spacial score (nSPS) is 10.8. The smallest absolute Gasteiger partial charge is 0.371 e. The van der Waals surface area contributed by atoms with Crippen molar-refractivity contribution >= 4 is 17.6 Å². The van der Waals surface area contributed by atoms with Crippen molar-refractivity contribution in [3.63, 3.8) is 0 Å². The van der Waals surface area contributed by atoms with E-state index in [4.69, 9.17) is 21.1 Å². The summed E-state index contributed by atoms with van der Waals surface area (Å²) in [7, 11) is 0. The second-order valence-corrected chi connectivity index (χ2v) is 4.17. The van der Waals surface area contributed by atoms with E-state index in [-0.39, 0.29) is 5.76 Å². The van der Waals surface area contributed by atoms with E-state index in [1.165, 1.54) is 6.07 Å². The number of aromatic carboxylic acids is 1. The largest absolute Gasteiger partial charge is 0.475 e. The van der Waals surface area contributed by atoms with Crippen LogP contribution in [0.2, 0.25) is 5.02 Å². The average molecular weight is 269 g/mol. The first-order valence-electron chi connectivity index (χ1n) is 5.66. The highest BCUT2D eigenvalue weighted by Gasteiger charge is 2.20. The molecule has 0 spiro atoms. The maximum absolute atomic E-state index is 10.9. The van der Waals surface area contributed by atoms with Crippen LogP contribution in [-0.2, 0) is 13.0 Å². The van der Waals surface area contributed by atoms with Gasteiger partial charge in [-0.15, -0.1) is 0 Å². The Kier molecular flexibility index (Phi) is 3.43. The van der Waals surface area contributed by atoms with E-state index in [1.807, 2.05) is 13.8 Å². The Hall–Kier alpha value is -1.75. The minimum absolute atomic E-state index is 0.0817. The van der Waals surface area contributed by atoms with E-state index >= 15 is 0 Å². The molecule has 5 nitrogen and oxygen atoms in total. The van der Waals surface area contributed by atoms with Crippen molar-refractivity contribution in [2.45, 2.75) is 26.8 Å². The number of aromatic nitrogens is 2. The summed E-state index contributed by atoms with van der Waals surface area (Å²) in [4.78, 5) is 10.9. The SMILES string of the molecule is CCc1oc(C(=O)O)cc1-c1c(Cl)cnn1CC.